The zero-order valence-electron chi connectivity index (χ0n) is 10.7. The van der Waals surface area contributed by atoms with Crippen LogP contribution in [0.2, 0.25) is 10.0 Å². The number of rotatable bonds is 4. The van der Waals surface area contributed by atoms with Crippen LogP contribution < -0.4 is 10.6 Å². The Kier molecular flexibility index (Phi) is 4.45. The van der Waals surface area contributed by atoms with Crippen LogP contribution in [0.5, 0.6) is 0 Å². The summed E-state index contributed by atoms with van der Waals surface area (Å²) in [6.07, 6.45) is 2.34. The Labute approximate surface area is 122 Å². The number of hydrogen-bond acceptors (Lipinski definition) is 4. The summed E-state index contributed by atoms with van der Waals surface area (Å²) >= 11 is 11.9. The summed E-state index contributed by atoms with van der Waals surface area (Å²) in [5.74, 6) is 1.58. The second-order valence-corrected chi connectivity index (χ2v) is 4.72. The van der Waals surface area contributed by atoms with Gasteiger partial charge in [0.1, 0.15) is 18.0 Å². The van der Waals surface area contributed by atoms with Gasteiger partial charge in [-0.15, -0.1) is 0 Å². The average Bonchev–Trinajstić information content (AvgIpc) is 2.42. The third kappa shape index (κ3) is 3.08. The van der Waals surface area contributed by atoms with Crippen molar-refractivity contribution in [1.29, 1.82) is 0 Å². The Balaban J connectivity index is 2.35. The van der Waals surface area contributed by atoms with Crippen molar-refractivity contribution in [1.82, 2.24) is 9.97 Å². The molecule has 6 heteroatoms. The van der Waals surface area contributed by atoms with Gasteiger partial charge in [-0.25, -0.2) is 9.97 Å². The second-order valence-electron chi connectivity index (χ2n) is 3.91. The van der Waals surface area contributed by atoms with Gasteiger partial charge in [-0.05, 0) is 24.6 Å². The maximum atomic E-state index is 6.00. The molecule has 0 aliphatic rings. The van der Waals surface area contributed by atoms with Gasteiger partial charge in [0.15, 0.2) is 0 Å². The van der Waals surface area contributed by atoms with Gasteiger partial charge in [0.25, 0.3) is 0 Å². The van der Waals surface area contributed by atoms with Crippen LogP contribution in [-0.2, 0) is 6.42 Å². The molecule has 0 amide bonds. The fourth-order valence-electron chi connectivity index (χ4n) is 1.78. The van der Waals surface area contributed by atoms with Gasteiger partial charge >= 0.3 is 0 Å². The number of hydrogen-bond donors (Lipinski definition) is 2. The number of nitrogens with one attached hydrogen (secondary N) is 2. The highest BCUT2D eigenvalue weighted by Crippen LogP contribution is 2.28. The summed E-state index contributed by atoms with van der Waals surface area (Å²) in [4.78, 5) is 8.46. The zero-order valence-corrected chi connectivity index (χ0v) is 12.2. The first-order valence-electron chi connectivity index (χ1n) is 5.89. The molecule has 0 bridgehead atoms. The van der Waals surface area contributed by atoms with Gasteiger partial charge in [0.2, 0.25) is 0 Å². The molecule has 0 fully saturated rings. The SMILES string of the molecule is CCc1c(NC)ncnc1Nc1ccc(Cl)c(Cl)c1. The number of nitrogens with zero attached hydrogens (tertiary/aromatic N) is 2. The largest absolute Gasteiger partial charge is 0.373 e. The van der Waals surface area contributed by atoms with Crippen LogP contribution in [0.25, 0.3) is 0 Å². The summed E-state index contributed by atoms with van der Waals surface area (Å²) in [5.41, 5.74) is 1.86. The van der Waals surface area contributed by atoms with E-state index in [1.165, 1.54) is 6.33 Å². The third-order valence-corrected chi connectivity index (χ3v) is 3.46. The lowest BCUT2D eigenvalue weighted by atomic mass is 10.2. The Hall–Kier alpha value is -1.52. The molecule has 1 aromatic carbocycles. The Bertz CT molecular complexity index is 587. The molecule has 2 rings (SSSR count). The lowest BCUT2D eigenvalue weighted by Gasteiger charge is -2.13. The van der Waals surface area contributed by atoms with E-state index in [1.54, 1.807) is 12.1 Å². The molecule has 0 atom stereocenters. The first-order chi connectivity index (χ1) is 9.15. The summed E-state index contributed by atoms with van der Waals surface area (Å²) in [5, 5.41) is 7.32. The molecule has 100 valence electrons. The van der Waals surface area contributed by atoms with Crippen molar-refractivity contribution in [3.8, 4) is 0 Å². The van der Waals surface area contributed by atoms with Crippen molar-refractivity contribution in [3.63, 3.8) is 0 Å². The minimum atomic E-state index is 0.507. The van der Waals surface area contributed by atoms with Crippen molar-refractivity contribution in [2.75, 3.05) is 17.7 Å². The van der Waals surface area contributed by atoms with Crippen LogP contribution >= 0.6 is 23.2 Å². The molecular weight excluding hydrogens is 283 g/mol. The summed E-state index contributed by atoms with van der Waals surface area (Å²) in [7, 11) is 1.84. The Morgan fingerprint density at radius 1 is 1.11 bits per heavy atom. The van der Waals surface area contributed by atoms with Crippen molar-refractivity contribution in [3.05, 3.63) is 40.1 Å². The molecule has 0 saturated heterocycles. The van der Waals surface area contributed by atoms with Gasteiger partial charge in [-0.1, -0.05) is 30.1 Å². The van der Waals surface area contributed by atoms with Crippen LogP contribution in [0.4, 0.5) is 17.3 Å². The highest BCUT2D eigenvalue weighted by molar-refractivity contribution is 6.42. The third-order valence-electron chi connectivity index (χ3n) is 2.72. The molecule has 2 aromatic rings. The molecule has 0 aliphatic carbocycles. The highest BCUT2D eigenvalue weighted by atomic mass is 35.5. The molecule has 0 unspecified atom stereocenters. The quantitative estimate of drug-likeness (QED) is 0.891. The van der Waals surface area contributed by atoms with E-state index in [1.807, 2.05) is 13.1 Å². The van der Waals surface area contributed by atoms with E-state index in [-0.39, 0.29) is 0 Å². The maximum absolute atomic E-state index is 6.00. The van der Waals surface area contributed by atoms with E-state index in [4.69, 9.17) is 23.2 Å². The molecule has 2 N–H and O–H groups in total. The van der Waals surface area contributed by atoms with E-state index in [0.717, 1.165) is 29.3 Å². The van der Waals surface area contributed by atoms with Gasteiger partial charge in [-0.2, -0.15) is 0 Å². The minimum Gasteiger partial charge on any atom is -0.373 e. The summed E-state index contributed by atoms with van der Waals surface area (Å²) in [6.45, 7) is 2.06. The van der Waals surface area contributed by atoms with E-state index in [2.05, 4.69) is 27.5 Å². The van der Waals surface area contributed by atoms with Crippen LogP contribution in [-0.4, -0.2) is 17.0 Å². The monoisotopic (exact) mass is 296 g/mol. The Morgan fingerprint density at radius 3 is 2.47 bits per heavy atom. The predicted octanol–water partition coefficient (Wildman–Crippen LogP) is 4.13. The standard InChI is InChI=1S/C13H14Cl2N4/c1-3-9-12(16-2)17-7-18-13(9)19-8-4-5-10(14)11(15)6-8/h4-7H,3H2,1-2H3,(H2,16,17,18,19). The average molecular weight is 297 g/mol. The zero-order chi connectivity index (χ0) is 13.8. The molecule has 0 radical (unpaired) electrons. The van der Waals surface area contributed by atoms with Gasteiger partial charge in [-0.3, -0.25) is 0 Å². The molecule has 4 nitrogen and oxygen atoms in total. The van der Waals surface area contributed by atoms with E-state index in [9.17, 15) is 0 Å². The van der Waals surface area contributed by atoms with Crippen LogP contribution in [0.15, 0.2) is 24.5 Å². The maximum Gasteiger partial charge on any atom is 0.139 e. The van der Waals surface area contributed by atoms with Crippen LogP contribution in [0.3, 0.4) is 0 Å². The first-order valence-corrected chi connectivity index (χ1v) is 6.65. The Morgan fingerprint density at radius 2 is 1.84 bits per heavy atom. The fourth-order valence-corrected chi connectivity index (χ4v) is 2.08. The molecule has 0 aliphatic heterocycles. The van der Waals surface area contributed by atoms with Crippen LogP contribution in [0.1, 0.15) is 12.5 Å². The number of benzene rings is 1. The number of halogens is 2. The highest BCUT2D eigenvalue weighted by Gasteiger charge is 2.09. The van der Waals surface area contributed by atoms with E-state index in [0.29, 0.717) is 10.0 Å². The lowest BCUT2D eigenvalue weighted by Crippen LogP contribution is -2.04. The van der Waals surface area contributed by atoms with E-state index < -0.39 is 0 Å². The predicted molar refractivity (Wildman–Crippen MR) is 80.7 cm³/mol. The van der Waals surface area contributed by atoms with Crippen molar-refractivity contribution >= 4 is 40.5 Å². The second kappa shape index (κ2) is 6.08. The molecular formula is C13H14Cl2N4. The molecule has 0 saturated carbocycles. The first kappa shape index (κ1) is 13.9. The van der Waals surface area contributed by atoms with Crippen LogP contribution in [0, 0.1) is 0 Å². The minimum absolute atomic E-state index is 0.507. The smallest absolute Gasteiger partial charge is 0.139 e. The van der Waals surface area contributed by atoms with Crippen molar-refractivity contribution in [2.45, 2.75) is 13.3 Å². The topological polar surface area (TPSA) is 49.8 Å². The molecule has 0 spiro atoms. The summed E-state index contributed by atoms with van der Waals surface area (Å²) < 4.78 is 0. The lowest BCUT2D eigenvalue weighted by molar-refractivity contribution is 1.05. The molecule has 1 heterocycles. The summed E-state index contributed by atoms with van der Waals surface area (Å²) in [6, 6.07) is 5.37. The molecule has 1 aromatic heterocycles. The normalized spacial score (nSPS) is 10.3. The van der Waals surface area contributed by atoms with Gasteiger partial charge < -0.3 is 10.6 Å². The van der Waals surface area contributed by atoms with Gasteiger partial charge in [0.05, 0.1) is 10.0 Å². The van der Waals surface area contributed by atoms with Crippen molar-refractivity contribution in [2.24, 2.45) is 0 Å². The van der Waals surface area contributed by atoms with Gasteiger partial charge in [0, 0.05) is 18.3 Å². The molecule has 19 heavy (non-hydrogen) atoms. The fraction of sp³-hybridized carbons (Fsp3) is 0.231. The van der Waals surface area contributed by atoms with E-state index >= 15 is 0 Å². The number of aromatic nitrogens is 2. The number of anilines is 3. The van der Waals surface area contributed by atoms with Crippen molar-refractivity contribution < 1.29 is 0 Å².